The van der Waals surface area contributed by atoms with Crippen LogP contribution in [-0.4, -0.2) is 28.2 Å². The summed E-state index contributed by atoms with van der Waals surface area (Å²) >= 11 is 1.27. The summed E-state index contributed by atoms with van der Waals surface area (Å²) in [6.45, 7) is 5.94. The van der Waals surface area contributed by atoms with Crippen LogP contribution in [0.25, 0.3) is 10.2 Å². The second-order valence-corrected chi connectivity index (χ2v) is 7.12. The van der Waals surface area contributed by atoms with Crippen LogP contribution in [-0.2, 0) is 4.79 Å². The molecule has 1 aromatic heterocycles. The van der Waals surface area contributed by atoms with Gasteiger partial charge in [-0.2, -0.15) is 4.99 Å². The second kappa shape index (κ2) is 7.75. The molecule has 0 aliphatic heterocycles. The van der Waals surface area contributed by atoms with E-state index in [1.54, 1.807) is 35.8 Å². The van der Waals surface area contributed by atoms with Crippen LogP contribution in [0.4, 0.5) is 0 Å². The van der Waals surface area contributed by atoms with Crippen molar-refractivity contribution < 1.29 is 19.4 Å². The normalized spacial score (nSPS) is 12.9. The highest BCUT2D eigenvalue weighted by Gasteiger charge is 2.19. The van der Waals surface area contributed by atoms with E-state index < -0.39 is 17.9 Å². The van der Waals surface area contributed by atoms with E-state index in [1.165, 1.54) is 11.3 Å². The molecule has 0 spiro atoms. The van der Waals surface area contributed by atoms with Crippen LogP contribution in [0.15, 0.2) is 47.5 Å². The first-order valence-corrected chi connectivity index (χ1v) is 9.38. The lowest BCUT2D eigenvalue weighted by atomic mass is 10.1. The number of carboxylic acids is 1. The Kier molecular flexibility index (Phi) is 5.41. The molecule has 0 aliphatic carbocycles. The number of aryl methyl sites for hydroxylation is 1. The molecule has 0 bridgehead atoms. The van der Waals surface area contributed by atoms with Crippen molar-refractivity contribution in [1.82, 2.24) is 4.57 Å². The largest absolute Gasteiger partial charge is 0.494 e. The minimum Gasteiger partial charge on any atom is -0.494 e. The topological polar surface area (TPSA) is 80.9 Å². The number of benzene rings is 2. The molecule has 1 atom stereocenters. The number of nitrogens with zero attached hydrogens (tertiary/aromatic N) is 2. The van der Waals surface area contributed by atoms with Gasteiger partial charge in [-0.3, -0.25) is 4.79 Å². The molecule has 0 aliphatic rings. The average Bonchev–Trinajstić information content (AvgIpc) is 2.98. The van der Waals surface area contributed by atoms with Gasteiger partial charge in [0.25, 0.3) is 5.91 Å². The lowest BCUT2D eigenvalue weighted by molar-refractivity contribution is -0.140. The predicted octanol–water partition coefficient (Wildman–Crippen LogP) is 3.80. The van der Waals surface area contributed by atoms with Crippen molar-refractivity contribution in [2.24, 2.45) is 4.99 Å². The van der Waals surface area contributed by atoms with E-state index >= 15 is 0 Å². The minimum atomic E-state index is -0.993. The van der Waals surface area contributed by atoms with Crippen molar-refractivity contribution in [2.45, 2.75) is 26.8 Å². The summed E-state index contributed by atoms with van der Waals surface area (Å²) in [6.07, 6.45) is 0. The fraction of sp³-hybridized carbons (Fsp3) is 0.250. The number of hydrogen-bond acceptors (Lipinski definition) is 4. The Bertz CT molecular complexity index is 1060. The molecule has 6 nitrogen and oxygen atoms in total. The number of carbonyl (C=O) groups excluding carboxylic acids is 1. The first-order chi connectivity index (χ1) is 12.9. The highest BCUT2D eigenvalue weighted by atomic mass is 32.1. The smallest absolute Gasteiger partial charge is 0.326 e. The first kappa shape index (κ1) is 18.8. The highest BCUT2D eigenvalue weighted by molar-refractivity contribution is 7.16. The maximum absolute atomic E-state index is 12.6. The van der Waals surface area contributed by atoms with Crippen LogP contribution >= 0.6 is 11.3 Å². The van der Waals surface area contributed by atoms with Crippen molar-refractivity contribution in [3.8, 4) is 5.75 Å². The summed E-state index contributed by atoms with van der Waals surface area (Å²) in [5.41, 5.74) is 2.21. The van der Waals surface area contributed by atoms with E-state index in [1.807, 2.05) is 32.0 Å². The Labute approximate surface area is 160 Å². The molecule has 3 rings (SSSR count). The number of carbonyl (C=O) groups is 2. The number of rotatable bonds is 5. The van der Waals surface area contributed by atoms with E-state index in [4.69, 9.17) is 4.74 Å². The fourth-order valence-corrected chi connectivity index (χ4v) is 3.82. The Hall–Kier alpha value is -2.93. The van der Waals surface area contributed by atoms with Crippen LogP contribution in [0.3, 0.4) is 0 Å². The molecule has 1 unspecified atom stereocenters. The number of carboxylic acid groups (broad SMARTS) is 1. The minimum absolute atomic E-state index is 0.346. The number of fused-ring (bicyclic) bond motifs is 1. The van der Waals surface area contributed by atoms with Crippen LogP contribution in [0.1, 0.15) is 35.8 Å². The van der Waals surface area contributed by atoms with Crippen molar-refractivity contribution in [1.29, 1.82) is 0 Å². The van der Waals surface area contributed by atoms with Gasteiger partial charge >= 0.3 is 5.97 Å². The number of aliphatic carboxylic acids is 1. The van der Waals surface area contributed by atoms with Crippen molar-refractivity contribution in [3.63, 3.8) is 0 Å². The lowest BCUT2D eigenvalue weighted by Crippen LogP contribution is -2.25. The first-order valence-electron chi connectivity index (χ1n) is 8.57. The molecule has 140 valence electrons. The second-order valence-electron chi connectivity index (χ2n) is 6.11. The quantitative estimate of drug-likeness (QED) is 0.726. The van der Waals surface area contributed by atoms with E-state index in [0.717, 1.165) is 10.3 Å². The molecule has 2 aromatic carbocycles. The van der Waals surface area contributed by atoms with E-state index in [-0.39, 0.29) is 0 Å². The van der Waals surface area contributed by atoms with Gasteiger partial charge in [-0.15, -0.1) is 0 Å². The molecular weight excluding hydrogens is 364 g/mol. The van der Waals surface area contributed by atoms with Crippen LogP contribution in [0.2, 0.25) is 0 Å². The average molecular weight is 384 g/mol. The van der Waals surface area contributed by atoms with Gasteiger partial charge in [-0.05, 0) is 51.1 Å². The van der Waals surface area contributed by atoms with Gasteiger partial charge in [-0.1, -0.05) is 29.0 Å². The van der Waals surface area contributed by atoms with Crippen LogP contribution in [0.5, 0.6) is 5.75 Å². The third-order valence-corrected chi connectivity index (χ3v) is 5.17. The van der Waals surface area contributed by atoms with Gasteiger partial charge in [-0.25, -0.2) is 4.79 Å². The number of thiazole rings is 1. The van der Waals surface area contributed by atoms with Gasteiger partial charge in [0.15, 0.2) is 4.80 Å². The van der Waals surface area contributed by atoms with Gasteiger partial charge in [0.05, 0.1) is 16.8 Å². The van der Waals surface area contributed by atoms with Crippen molar-refractivity contribution >= 4 is 33.4 Å². The molecule has 1 heterocycles. The summed E-state index contributed by atoms with van der Waals surface area (Å²) in [4.78, 5) is 28.7. The maximum atomic E-state index is 12.6. The zero-order valence-corrected chi connectivity index (χ0v) is 16.1. The Morgan fingerprint density at radius 2 is 1.93 bits per heavy atom. The SMILES string of the molecule is CCOc1ccc2c(c1)sc(=NC(=O)c1ccc(C)cc1)n2C(C)C(=O)O. The Morgan fingerprint density at radius 3 is 2.56 bits per heavy atom. The summed E-state index contributed by atoms with van der Waals surface area (Å²) in [5, 5.41) is 9.49. The molecule has 1 amide bonds. The summed E-state index contributed by atoms with van der Waals surface area (Å²) in [5.74, 6) is -0.705. The standard InChI is InChI=1S/C20H20N2O4S/c1-4-26-15-9-10-16-17(11-15)27-20(22(16)13(3)19(24)25)21-18(23)14-7-5-12(2)6-8-14/h5-11,13H,4H2,1-3H3,(H,24,25). The lowest BCUT2D eigenvalue weighted by Gasteiger charge is -2.10. The Morgan fingerprint density at radius 1 is 1.22 bits per heavy atom. The van der Waals surface area contributed by atoms with Crippen molar-refractivity contribution in [2.75, 3.05) is 6.61 Å². The third kappa shape index (κ3) is 3.93. The molecule has 0 saturated carbocycles. The third-order valence-electron chi connectivity index (χ3n) is 4.15. The number of ether oxygens (including phenoxy) is 1. The molecule has 0 saturated heterocycles. The van der Waals surface area contributed by atoms with Crippen LogP contribution in [0, 0.1) is 6.92 Å². The zero-order chi connectivity index (χ0) is 19.6. The van der Waals surface area contributed by atoms with E-state index in [9.17, 15) is 14.7 Å². The molecule has 0 radical (unpaired) electrons. The maximum Gasteiger partial charge on any atom is 0.326 e. The van der Waals surface area contributed by atoms with Crippen molar-refractivity contribution in [3.05, 3.63) is 58.4 Å². The summed E-state index contributed by atoms with van der Waals surface area (Å²) in [7, 11) is 0. The van der Waals surface area contributed by atoms with Gasteiger partial charge < -0.3 is 14.4 Å². The predicted molar refractivity (Wildman–Crippen MR) is 104 cm³/mol. The van der Waals surface area contributed by atoms with Gasteiger partial charge in [0.2, 0.25) is 0 Å². The number of hydrogen-bond donors (Lipinski definition) is 1. The Balaban J connectivity index is 2.17. The molecular formula is C20H20N2O4S. The van der Waals surface area contributed by atoms with Crippen LogP contribution < -0.4 is 9.54 Å². The van der Waals surface area contributed by atoms with E-state index in [0.29, 0.717) is 28.2 Å². The molecule has 3 aromatic rings. The molecule has 1 N–H and O–H groups in total. The molecule has 7 heteroatoms. The monoisotopic (exact) mass is 384 g/mol. The van der Waals surface area contributed by atoms with E-state index in [2.05, 4.69) is 4.99 Å². The zero-order valence-electron chi connectivity index (χ0n) is 15.3. The number of amides is 1. The highest BCUT2D eigenvalue weighted by Crippen LogP contribution is 2.26. The molecule has 27 heavy (non-hydrogen) atoms. The summed E-state index contributed by atoms with van der Waals surface area (Å²) < 4.78 is 7.90. The fourth-order valence-electron chi connectivity index (χ4n) is 2.69. The number of aromatic nitrogens is 1. The molecule has 0 fully saturated rings. The van der Waals surface area contributed by atoms with Gasteiger partial charge in [0.1, 0.15) is 11.8 Å². The summed E-state index contributed by atoms with van der Waals surface area (Å²) in [6, 6.07) is 11.7. The van der Waals surface area contributed by atoms with Gasteiger partial charge in [0, 0.05) is 5.56 Å².